The van der Waals surface area contributed by atoms with Gasteiger partial charge in [0, 0.05) is 6.54 Å². The van der Waals surface area contributed by atoms with Crippen molar-refractivity contribution in [1.82, 2.24) is 16.0 Å². The fourth-order valence-corrected chi connectivity index (χ4v) is 2.63. The van der Waals surface area contributed by atoms with E-state index < -0.39 is 60.7 Å². The zero-order valence-corrected chi connectivity index (χ0v) is 18.4. The topological polar surface area (TPSA) is 284 Å². The molecule has 0 heterocycles. The second-order valence-electron chi connectivity index (χ2n) is 7.24. The molecule has 0 fully saturated rings. The molecule has 0 bridgehead atoms. The van der Waals surface area contributed by atoms with Gasteiger partial charge in [-0.15, -0.1) is 0 Å². The minimum atomic E-state index is -1.49. The van der Waals surface area contributed by atoms with Crippen LogP contribution in [0.25, 0.3) is 0 Å². The van der Waals surface area contributed by atoms with Gasteiger partial charge in [0.05, 0.1) is 19.0 Å². The molecule has 3 unspecified atom stereocenters. The Morgan fingerprint density at radius 1 is 0.879 bits per heavy atom. The minimum Gasteiger partial charge on any atom is -0.481 e. The van der Waals surface area contributed by atoms with Crippen LogP contribution < -0.4 is 44.6 Å². The third-order valence-electron chi connectivity index (χ3n) is 4.36. The van der Waals surface area contributed by atoms with Crippen molar-refractivity contribution in [2.75, 3.05) is 19.6 Å². The molecule has 0 aromatic carbocycles. The molecule has 0 spiro atoms. The number of carboxylic acid groups (broad SMARTS) is 1. The third kappa shape index (κ3) is 14.3. The normalized spacial score (nSPS) is 13.2. The van der Waals surface area contributed by atoms with Crippen LogP contribution in [0, 0.1) is 0 Å². The van der Waals surface area contributed by atoms with Crippen molar-refractivity contribution in [3.8, 4) is 0 Å². The molecule has 14 N–H and O–H groups in total. The molecule has 0 rings (SSSR count). The SMILES string of the molecule is NCCCCC(NC(=O)C(CC(=O)O)NC(=O)CNC(=O)C(N)CCCN=C(N)N)C(N)=O. The Kier molecular flexibility index (Phi) is 14.5. The number of nitrogens with two attached hydrogens (primary N) is 5. The summed E-state index contributed by atoms with van der Waals surface area (Å²) in [4.78, 5) is 63.0. The maximum absolute atomic E-state index is 12.4. The molecule has 0 aliphatic carbocycles. The van der Waals surface area contributed by atoms with E-state index in [1.807, 2.05) is 0 Å². The number of hydrogen-bond acceptors (Lipinski definition) is 8. The van der Waals surface area contributed by atoms with Gasteiger partial charge in [0.1, 0.15) is 12.1 Å². The lowest BCUT2D eigenvalue weighted by Crippen LogP contribution is -2.55. The molecular formula is C18H35N9O6. The van der Waals surface area contributed by atoms with E-state index in [9.17, 15) is 24.0 Å². The van der Waals surface area contributed by atoms with Crippen molar-refractivity contribution < 1.29 is 29.1 Å². The fraction of sp³-hybridized carbons (Fsp3) is 0.667. The summed E-state index contributed by atoms with van der Waals surface area (Å²) in [6.07, 6.45) is 1.27. The predicted molar refractivity (Wildman–Crippen MR) is 119 cm³/mol. The number of rotatable bonds is 17. The lowest BCUT2D eigenvalue weighted by atomic mass is 10.1. The standard InChI is InChI=1S/C18H35N9O6/c19-6-2-1-5-11(15(21)31)27-17(33)12(8-14(29)30)26-13(28)9-25-16(32)10(20)4-3-7-24-18(22)23/h10-12H,1-9,19-20H2,(H2,21,31)(H,25,32)(H,26,28)(H,27,33)(H,29,30)(H4,22,23,24). The van der Waals surface area contributed by atoms with Crippen LogP contribution >= 0.6 is 0 Å². The summed E-state index contributed by atoms with van der Waals surface area (Å²) >= 11 is 0. The van der Waals surface area contributed by atoms with Crippen LogP contribution in [-0.4, -0.2) is 78.4 Å². The van der Waals surface area contributed by atoms with Gasteiger partial charge >= 0.3 is 5.97 Å². The molecule has 0 saturated carbocycles. The van der Waals surface area contributed by atoms with Gasteiger partial charge in [-0.05, 0) is 38.6 Å². The number of carboxylic acids is 1. The van der Waals surface area contributed by atoms with E-state index in [0.29, 0.717) is 25.8 Å². The maximum atomic E-state index is 12.4. The highest BCUT2D eigenvalue weighted by Crippen LogP contribution is 2.02. The van der Waals surface area contributed by atoms with E-state index in [-0.39, 0.29) is 25.3 Å². The Balaban J connectivity index is 4.77. The zero-order chi connectivity index (χ0) is 25.4. The molecule has 0 saturated heterocycles. The van der Waals surface area contributed by atoms with Gasteiger partial charge in [0.15, 0.2) is 5.96 Å². The van der Waals surface area contributed by atoms with Gasteiger partial charge in [-0.1, -0.05) is 0 Å². The highest BCUT2D eigenvalue weighted by Gasteiger charge is 2.27. The van der Waals surface area contributed by atoms with Crippen molar-refractivity contribution in [2.45, 2.75) is 56.7 Å². The van der Waals surface area contributed by atoms with Crippen molar-refractivity contribution >= 4 is 35.6 Å². The van der Waals surface area contributed by atoms with Gasteiger partial charge < -0.3 is 49.7 Å². The van der Waals surface area contributed by atoms with Crippen LogP contribution in [0.15, 0.2) is 4.99 Å². The number of aliphatic carboxylic acids is 1. The number of unbranched alkanes of at least 4 members (excludes halogenated alkanes) is 1. The number of nitrogens with one attached hydrogen (secondary N) is 3. The van der Waals surface area contributed by atoms with Gasteiger partial charge in [0.25, 0.3) is 0 Å². The van der Waals surface area contributed by atoms with Crippen LogP contribution in [0.5, 0.6) is 0 Å². The first kappa shape index (κ1) is 29.5. The number of carbonyl (C=O) groups excluding carboxylic acids is 4. The highest BCUT2D eigenvalue weighted by atomic mass is 16.4. The van der Waals surface area contributed by atoms with Crippen molar-refractivity contribution in [1.29, 1.82) is 0 Å². The van der Waals surface area contributed by atoms with E-state index in [2.05, 4.69) is 20.9 Å². The number of nitrogens with zero attached hydrogens (tertiary/aromatic N) is 1. The number of aliphatic imine (C=N–C) groups is 1. The minimum absolute atomic E-state index is 0.0812. The molecule has 188 valence electrons. The largest absolute Gasteiger partial charge is 0.481 e. The van der Waals surface area contributed by atoms with E-state index in [1.165, 1.54) is 0 Å². The average molecular weight is 474 g/mol. The smallest absolute Gasteiger partial charge is 0.305 e. The molecule has 0 radical (unpaired) electrons. The summed E-state index contributed by atoms with van der Waals surface area (Å²) in [6, 6.07) is -3.46. The molecule has 15 heteroatoms. The zero-order valence-electron chi connectivity index (χ0n) is 18.4. The van der Waals surface area contributed by atoms with Crippen LogP contribution in [0.2, 0.25) is 0 Å². The first-order valence-corrected chi connectivity index (χ1v) is 10.4. The molecule has 0 aromatic heterocycles. The second kappa shape index (κ2) is 16.2. The predicted octanol–water partition coefficient (Wildman–Crippen LogP) is -4.46. The molecule has 15 nitrogen and oxygen atoms in total. The summed E-state index contributed by atoms with van der Waals surface area (Å²) in [5, 5.41) is 15.9. The van der Waals surface area contributed by atoms with Crippen LogP contribution in [-0.2, 0) is 24.0 Å². The molecular weight excluding hydrogens is 438 g/mol. The molecule has 0 aromatic rings. The van der Waals surface area contributed by atoms with Crippen LogP contribution in [0.4, 0.5) is 0 Å². The maximum Gasteiger partial charge on any atom is 0.305 e. The number of hydrogen-bond donors (Lipinski definition) is 9. The summed E-state index contributed by atoms with van der Waals surface area (Å²) in [5.74, 6) is -4.59. The summed E-state index contributed by atoms with van der Waals surface area (Å²) < 4.78 is 0. The quantitative estimate of drug-likeness (QED) is 0.0554. The molecule has 33 heavy (non-hydrogen) atoms. The monoisotopic (exact) mass is 473 g/mol. The number of carbonyl (C=O) groups is 5. The van der Waals surface area contributed by atoms with Crippen LogP contribution in [0.1, 0.15) is 38.5 Å². The first-order chi connectivity index (χ1) is 15.5. The van der Waals surface area contributed by atoms with E-state index in [0.717, 1.165) is 0 Å². The molecule has 0 aliphatic heterocycles. The van der Waals surface area contributed by atoms with Gasteiger partial charge in [-0.2, -0.15) is 0 Å². The van der Waals surface area contributed by atoms with E-state index in [1.54, 1.807) is 0 Å². The Morgan fingerprint density at radius 3 is 2.09 bits per heavy atom. The lowest BCUT2D eigenvalue weighted by molar-refractivity contribution is -0.141. The van der Waals surface area contributed by atoms with E-state index >= 15 is 0 Å². The van der Waals surface area contributed by atoms with Gasteiger partial charge in [-0.25, -0.2) is 0 Å². The summed E-state index contributed by atoms with van der Waals surface area (Å²) in [5.41, 5.74) is 26.8. The van der Waals surface area contributed by atoms with Crippen molar-refractivity contribution in [2.24, 2.45) is 33.7 Å². The second-order valence-corrected chi connectivity index (χ2v) is 7.24. The fourth-order valence-electron chi connectivity index (χ4n) is 2.63. The van der Waals surface area contributed by atoms with Crippen molar-refractivity contribution in [3.05, 3.63) is 0 Å². The van der Waals surface area contributed by atoms with E-state index in [4.69, 9.17) is 33.8 Å². The molecule has 3 atom stereocenters. The average Bonchev–Trinajstić information content (AvgIpc) is 2.73. The first-order valence-electron chi connectivity index (χ1n) is 10.4. The lowest BCUT2D eigenvalue weighted by Gasteiger charge is -2.21. The Bertz CT molecular complexity index is 712. The third-order valence-corrected chi connectivity index (χ3v) is 4.36. The summed E-state index contributed by atoms with van der Waals surface area (Å²) in [7, 11) is 0. The Morgan fingerprint density at radius 2 is 1.55 bits per heavy atom. The molecule has 4 amide bonds. The van der Waals surface area contributed by atoms with Gasteiger partial charge in [0.2, 0.25) is 23.6 Å². The number of amides is 4. The number of primary amides is 1. The van der Waals surface area contributed by atoms with Crippen molar-refractivity contribution in [3.63, 3.8) is 0 Å². The highest BCUT2D eigenvalue weighted by molar-refractivity contribution is 5.94. The Labute approximate surface area is 191 Å². The summed E-state index contributed by atoms with van der Waals surface area (Å²) in [6.45, 7) is 0.136. The van der Waals surface area contributed by atoms with Gasteiger partial charge in [-0.3, -0.25) is 29.0 Å². The Hall–Kier alpha value is -3.46. The number of guanidine groups is 1. The molecule has 0 aliphatic rings. The van der Waals surface area contributed by atoms with Crippen LogP contribution in [0.3, 0.4) is 0 Å².